The molecule has 8 heteroatoms. The second kappa shape index (κ2) is 19.7. The SMILES string of the molecule is COC(=O)CCCCCCCCC(=O)OC1(c2ccccc2)CCNC(c2ccc(C3(OC(=O)CCCc4ccc(C)cc4)CCNCC3)cc2)C1. The Morgan fingerprint density at radius 1 is 0.635 bits per heavy atom. The molecule has 0 saturated carbocycles. The molecule has 5 rings (SSSR count). The van der Waals surface area contributed by atoms with Crippen molar-refractivity contribution in [3.05, 3.63) is 107 Å². The number of ether oxygens (including phenoxy) is 3. The molecular formula is C44H58N2O6. The molecule has 0 radical (unpaired) electrons. The molecule has 0 aliphatic carbocycles. The predicted molar refractivity (Wildman–Crippen MR) is 204 cm³/mol. The summed E-state index contributed by atoms with van der Waals surface area (Å²) in [6, 6.07) is 27.2. The van der Waals surface area contributed by atoms with Crippen LogP contribution in [0.4, 0.5) is 0 Å². The first kappa shape index (κ1) is 39.2. The molecule has 0 amide bonds. The number of aryl methyl sites for hydroxylation is 2. The van der Waals surface area contributed by atoms with Gasteiger partial charge in [0.2, 0.25) is 0 Å². The van der Waals surface area contributed by atoms with Gasteiger partial charge < -0.3 is 24.8 Å². The number of methoxy groups -OCH3 is 1. The van der Waals surface area contributed by atoms with Gasteiger partial charge in [-0.2, -0.15) is 0 Å². The van der Waals surface area contributed by atoms with Crippen LogP contribution in [0.5, 0.6) is 0 Å². The number of piperidine rings is 2. The average molecular weight is 711 g/mol. The number of hydrogen-bond donors (Lipinski definition) is 2. The van der Waals surface area contributed by atoms with Crippen LogP contribution in [-0.2, 0) is 46.2 Å². The van der Waals surface area contributed by atoms with Crippen molar-refractivity contribution in [1.82, 2.24) is 10.6 Å². The Hall–Kier alpha value is -4.01. The second-order valence-electron chi connectivity index (χ2n) is 14.7. The Bertz CT molecular complexity index is 1550. The molecule has 2 aliphatic rings. The van der Waals surface area contributed by atoms with Crippen LogP contribution in [0.2, 0.25) is 0 Å². The van der Waals surface area contributed by atoms with Crippen LogP contribution in [0.25, 0.3) is 0 Å². The lowest BCUT2D eigenvalue weighted by Gasteiger charge is -2.42. The van der Waals surface area contributed by atoms with E-state index in [0.717, 1.165) is 101 Å². The molecule has 0 bridgehead atoms. The first-order valence-electron chi connectivity index (χ1n) is 19.5. The van der Waals surface area contributed by atoms with E-state index in [2.05, 4.69) is 78.2 Å². The summed E-state index contributed by atoms with van der Waals surface area (Å²) in [7, 11) is 1.42. The van der Waals surface area contributed by atoms with E-state index in [1.54, 1.807) is 0 Å². The van der Waals surface area contributed by atoms with Crippen molar-refractivity contribution in [3.63, 3.8) is 0 Å². The Morgan fingerprint density at radius 3 is 1.85 bits per heavy atom. The van der Waals surface area contributed by atoms with E-state index in [0.29, 0.717) is 32.1 Å². The third-order valence-corrected chi connectivity index (χ3v) is 10.8. The number of hydrogen-bond acceptors (Lipinski definition) is 8. The molecule has 2 unspecified atom stereocenters. The van der Waals surface area contributed by atoms with Crippen LogP contribution >= 0.6 is 0 Å². The number of carbonyl (C=O) groups excluding carboxylic acids is 3. The van der Waals surface area contributed by atoms with Gasteiger partial charge in [-0.15, -0.1) is 0 Å². The zero-order chi connectivity index (χ0) is 36.7. The molecule has 2 aliphatic heterocycles. The highest BCUT2D eigenvalue weighted by Gasteiger charge is 2.42. The fourth-order valence-corrected chi connectivity index (χ4v) is 7.72. The van der Waals surface area contributed by atoms with Crippen molar-refractivity contribution in [2.75, 3.05) is 26.7 Å². The minimum absolute atomic E-state index is 0.00547. The monoisotopic (exact) mass is 710 g/mol. The minimum Gasteiger partial charge on any atom is -0.469 e. The third-order valence-electron chi connectivity index (χ3n) is 10.8. The summed E-state index contributed by atoms with van der Waals surface area (Å²) in [5.74, 6) is -0.451. The maximum absolute atomic E-state index is 13.3. The first-order chi connectivity index (χ1) is 25.3. The highest BCUT2D eigenvalue weighted by Crippen LogP contribution is 2.43. The van der Waals surface area contributed by atoms with Gasteiger partial charge >= 0.3 is 17.9 Å². The third kappa shape index (κ3) is 11.2. The van der Waals surface area contributed by atoms with Crippen LogP contribution in [0.3, 0.4) is 0 Å². The first-order valence-corrected chi connectivity index (χ1v) is 19.5. The molecule has 2 fully saturated rings. The summed E-state index contributed by atoms with van der Waals surface area (Å²) >= 11 is 0. The highest BCUT2D eigenvalue weighted by molar-refractivity contribution is 5.71. The van der Waals surface area contributed by atoms with E-state index in [-0.39, 0.29) is 23.9 Å². The maximum Gasteiger partial charge on any atom is 0.306 e. The van der Waals surface area contributed by atoms with E-state index in [4.69, 9.17) is 14.2 Å². The zero-order valence-corrected chi connectivity index (χ0v) is 31.3. The van der Waals surface area contributed by atoms with Crippen LogP contribution < -0.4 is 10.6 Å². The van der Waals surface area contributed by atoms with Crippen molar-refractivity contribution < 1.29 is 28.6 Å². The lowest BCUT2D eigenvalue weighted by molar-refractivity contribution is -0.166. The van der Waals surface area contributed by atoms with E-state index in [1.807, 2.05) is 18.2 Å². The van der Waals surface area contributed by atoms with Crippen molar-refractivity contribution in [2.24, 2.45) is 0 Å². The van der Waals surface area contributed by atoms with E-state index in [9.17, 15) is 14.4 Å². The number of benzene rings is 3. The van der Waals surface area contributed by atoms with Gasteiger partial charge in [-0.3, -0.25) is 14.4 Å². The standard InChI is InChI=1S/C44H58N2O6/c1-34-19-21-35(22-20-34)13-12-18-42(49)51-43(27-30-45-31-28-43)38-25-23-36(24-26-38)39-33-44(29-32-46-39,37-14-8-7-9-15-37)52-41(48)17-11-6-4-3-5-10-16-40(47)50-2/h7-9,14-15,19-26,39,45-46H,3-6,10-13,16-18,27-33H2,1-2H3. The molecule has 0 aromatic heterocycles. The smallest absolute Gasteiger partial charge is 0.306 e. The lowest BCUT2D eigenvalue weighted by atomic mass is 9.78. The predicted octanol–water partition coefficient (Wildman–Crippen LogP) is 8.30. The van der Waals surface area contributed by atoms with Crippen molar-refractivity contribution in [2.45, 2.75) is 120 Å². The lowest BCUT2D eigenvalue weighted by Crippen LogP contribution is -2.45. The Kier molecular flexibility index (Phi) is 14.9. The molecule has 8 nitrogen and oxygen atoms in total. The van der Waals surface area contributed by atoms with Crippen molar-refractivity contribution in [1.29, 1.82) is 0 Å². The summed E-state index contributed by atoms with van der Waals surface area (Å²) in [6.45, 7) is 4.39. The molecule has 2 saturated heterocycles. The van der Waals surface area contributed by atoms with Gasteiger partial charge in [0.1, 0.15) is 11.2 Å². The summed E-state index contributed by atoms with van der Waals surface area (Å²) < 4.78 is 17.5. The second-order valence-corrected chi connectivity index (χ2v) is 14.7. The van der Waals surface area contributed by atoms with Crippen LogP contribution in [-0.4, -0.2) is 44.7 Å². The summed E-state index contributed by atoms with van der Waals surface area (Å²) in [5, 5.41) is 7.11. The molecule has 2 heterocycles. The number of nitrogens with one attached hydrogen (secondary N) is 2. The Labute approximate surface area is 310 Å². The fraction of sp³-hybridized carbons (Fsp3) is 0.523. The number of esters is 3. The van der Waals surface area contributed by atoms with Gasteiger partial charge in [-0.05, 0) is 74.5 Å². The minimum atomic E-state index is -0.717. The number of rotatable bonds is 18. The zero-order valence-electron chi connectivity index (χ0n) is 31.3. The summed E-state index contributed by atoms with van der Waals surface area (Å²) in [4.78, 5) is 37.8. The van der Waals surface area contributed by atoms with Gasteiger partial charge in [0, 0.05) is 51.0 Å². The largest absolute Gasteiger partial charge is 0.469 e. The number of unbranched alkanes of at least 4 members (excludes halogenated alkanes) is 5. The van der Waals surface area contributed by atoms with Gasteiger partial charge in [0.05, 0.1) is 7.11 Å². The highest BCUT2D eigenvalue weighted by atomic mass is 16.6. The number of carbonyl (C=O) groups is 3. The van der Waals surface area contributed by atoms with Crippen molar-refractivity contribution >= 4 is 17.9 Å². The molecule has 3 aromatic rings. The van der Waals surface area contributed by atoms with E-state index < -0.39 is 11.2 Å². The topological polar surface area (TPSA) is 103 Å². The van der Waals surface area contributed by atoms with Crippen LogP contribution in [0.15, 0.2) is 78.9 Å². The Morgan fingerprint density at radius 2 is 1.19 bits per heavy atom. The van der Waals surface area contributed by atoms with Crippen molar-refractivity contribution in [3.8, 4) is 0 Å². The molecular weight excluding hydrogens is 652 g/mol. The molecule has 52 heavy (non-hydrogen) atoms. The van der Waals surface area contributed by atoms with Gasteiger partial charge in [-0.1, -0.05) is 110 Å². The average Bonchev–Trinajstić information content (AvgIpc) is 3.17. The Balaban J connectivity index is 1.19. The normalized spacial score (nSPS) is 19.8. The fourth-order valence-electron chi connectivity index (χ4n) is 7.72. The molecule has 0 spiro atoms. The van der Waals surface area contributed by atoms with E-state index >= 15 is 0 Å². The quantitative estimate of drug-likeness (QED) is 0.0773. The van der Waals surface area contributed by atoms with Crippen LogP contribution in [0.1, 0.15) is 124 Å². The van der Waals surface area contributed by atoms with E-state index in [1.165, 1.54) is 18.2 Å². The summed E-state index contributed by atoms with van der Waals surface area (Å²) in [6.07, 6.45) is 11.3. The maximum atomic E-state index is 13.3. The van der Waals surface area contributed by atoms with Gasteiger partial charge in [0.15, 0.2) is 0 Å². The molecule has 2 atom stereocenters. The van der Waals surface area contributed by atoms with Gasteiger partial charge in [-0.25, -0.2) is 0 Å². The van der Waals surface area contributed by atoms with Gasteiger partial charge in [0.25, 0.3) is 0 Å². The molecule has 3 aromatic carbocycles. The van der Waals surface area contributed by atoms with Crippen LogP contribution in [0, 0.1) is 6.92 Å². The molecule has 2 N–H and O–H groups in total. The summed E-state index contributed by atoms with van der Waals surface area (Å²) in [5.41, 5.74) is 4.30. The molecule has 280 valence electrons.